The summed E-state index contributed by atoms with van der Waals surface area (Å²) in [5.74, 6) is -0.380. The van der Waals surface area contributed by atoms with E-state index >= 15 is 0 Å². The molecule has 36 heavy (non-hydrogen) atoms. The van der Waals surface area contributed by atoms with Gasteiger partial charge < -0.3 is 40.6 Å². The molecular formula is C24H46N4O8. The first-order valence-corrected chi connectivity index (χ1v) is 12.7. The number of nitrogens with two attached hydrogens (primary N) is 1. The number of amides is 4. The highest BCUT2D eigenvalue weighted by molar-refractivity contribution is 5.87. The lowest BCUT2D eigenvalue weighted by molar-refractivity contribution is -0.130. The Morgan fingerprint density at radius 3 is 1.67 bits per heavy atom. The molecule has 0 saturated carbocycles. The molecule has 12 nitrogen and oxygen atoms in total. The zero-order valence-electron chi connectivity index (χ0n) is 22.1. The van der Waals surface area contributed by atoms with Crippen molar-refractivity contribution in [2.75, 3.05) is 65.9 Å². The molecular weight excluding hydrogens is 472 g/mol. The maximum absolute atomic E-state index is 12.4. The molecule has 0 fully saturated rings. The van der Waals surface area contributed by atoms with Crippen molar-refractivity contribution in [3.05, 3.63) is 0 Å². The fourth-order valence-electron chi connectivity index (χ4n) is 2.85. The fraction of sp³-hybridized carbons (Fsp3) is 0.833. The van der Waals surface area contributed by atoms with Gasteiger partial charge in [0, 0.05) is 32.4 Å². The number of urea groups is 1. The number of Topliss-reactive ketones (excluding diaryl/α,β-unsaturated/α-hetero) is 1. The molecule has 0 heterocycles. The Morgan fingerprint density at radius 1 is 0.722 bits per heavy atom. The second kappa shape index (κ2) is 23.1. The largest absolute Gasteiger partial charge is 0.379 e. The zero-order chi connectivity index (χ0) is 27.0. The number of nitrogens with one attached hydrogen (secondary N) is 3. The molecule has 0 bridgehead atoms. The Kier molecular flexibility index (Phi) is 21.7. The van der Waals surface area contributed by atoms with E-state index in [1.807, 2.05) is 20.8 Å². The lowest BCUT2D eigenvalue weighted by atomic mass is 10.0. The van der Waals surface area contributed by atoms with Crippen LogP contribution in [0.5, 0.6) is 0 Å². The first-order chi connectivity index (χ1) is 17.3. The third kappa shape index (κ3) is 21.0. The predicted octanol–water partition coefficient (Wildman–Crippen LogP) is 0.518. The van der Waals surface area contributed by atoms with E-state index in [1.54, 1.807) is 0 Å². The van der Waals surface area contributed by atoms with Gasteiger partial charge in [-0.25, -0.2) is 4.79 Å². The summed E-state index contributed by atoms with van der Waals surface area (Å²) in [6.07, 6.45) is 2.49. The van der Waals surface area contributed by atoms with Crippen molar-refractivity contribution in [1.82, 2.24) is 16.0 Å². The fourth-order valence-corrected chi connectivity index (χ4v) is 2.85. The Balaban J connectivity index is 3.70. The molecule has 4 amide bonds. The van der Waals surface area contributed by atoms with Crippen molar-refractivity contribution in [1.29, 1.82) is 0 Å². The first-order valence-electron chi connectivity index (χ1n) is 12.7. The molecule has 0 aromatic heterocycles. The number of hydrogen-bond acceptors (Lipinski definition) is 8. The van der Waals surface area contributed by atoms with Crippen LogP contribution in [0.1, 0.15) is 52.9 Å². The van der Waals surface area contributed by atoms with Crippen LogP contribution in [0.4, 0.5) is 4.79 Å². The molecule has 0 unspecified atom stereocenters. The summed E-state index contributed by atoms with van der Waals surface area (Å²) in [5.41, 5.74) is 4.99. The van der Waals surface area contributed by atoms with Crippen LogP contribution in [0.2, 0.25) is 0 Å². The van der Waals surface area contributed by atoms with Crippen molar-refractivity contribution in [2.45, 2.75) is 58.9 Å². The second-order valence-corrected chi connectivity index (χ2v) is 8.42. The first kappa shape index (κ1) is 33.7. The van der Waals surface area contributed by atoms with Crippen molar-refractivity contribution >= 4 is 23.6 Å². The van der Waals surface area contributed by atoms with Crippen molar-refractivity contribution in [2.24, 2.45) is 11.7 Å². The minimum Gasteiger partial charge on any atom is -0.379 e. The van der Waals surface area contributed by atoms with Crippen LogP contribution in [0.3, 0.4) is 0 Å². The van der Waals surface area contributed by atoms with E-state index in [1.165, 1.54) is 0 Å². The number of carbonyl (C=O) groups excluding carboxylic acids is 4. The minimum atomic E-state index is -0.631. The van der Waals surface area contributed by atoms with Gasteiger partial charge in [0.25, 0.3) is 0 Å². The maximum atomic E-state index is 12.4. The highest BCUT2D eigenvalue weighted by Gasteiger charge is 2.23. The molecule has 12 heteroatoms. The van der Waals surface area contributed by atoms with E-state index in [4.69, 9.17) is 24.7 Å². The summed E-state index contributed by atoms with van der Waals surface area (Å²) in [7, 11) is 0. The van der Waals surface area contributed by atoms with Gasteiger partial charge in [-0.3, -0.25) is 14.4 Å². The van der Waals surface area contributed by atoms with E-state index in [-0.39, 0.29) is 36.5 Å². The summed E-state index contributed by atoms with van der Waals surface area (Å²) in [5, 5.41) is 8.05. The lowest BCUT2D eigenvalue weighted by Crippen LogP contribution is -2.50. The van der Waals surface area contributed by atoms with Gasteiger partial charge in [0.2, 0.25) is 11.8 Å². The number of rotatable bonds is 24. The average Bonchev–Trinajstić information content (AvgIpc) is 2.84. The summed E-state index contributed by atoms with van der Waals surface area (Å²) < 4.78 is 21.5. The topological polar surface area (TPSA) is 167 Å². The quantitative estimate of drug-likeness (QED) is 0.134. The molecule has 0 spiro atoms. The van der Waals surface area contributed by atoms with Crippen LogP contribution in [-0.2, 0) is 33.3 Å². The van der Waals surface area contributed by atoms with Crippen molar-refractivity contribution in [3.63, 3.8) is 0 Å². The molecule has 0 aliphatic carbocycles. The van der Waals surface area contributed by atoms with Crippen LogP contribution in [0, 0.1) is 5.92 Å². The Labute approximate surface area is 214 Å². The predicted molar refractivity (Wildman–Crippen MR) is 134 cm³/mol. The van der Waals surface area contributed by atoms with Crippen molar-refractivity contribution < 1.29 is 38.1 Å². The SMILES string of the molecule is CCC(=O)CCOCCOCCOCCOCCC(=O)N[C@H](C(=O)NCCCCNC(N)=O)C(C)C. The molecule has 1 atom stereocenters. The number of ketones is 1. The standard InChI is InChI=1S/C24H46N4O8/c1-4-20(29)7-11-33-13-15-35-17-18-36-16-14-34-12-8-21(30)28-22(19(2)3)23(31)26-9-5-6-10-27-24(25)32/h19,22H,4-18H2,1-3H3,(H,26,31)(H,28,30)(H3,25,27,32)/t22-/m0/s1. The average molecular weight is 519 g/mol. The third-order valence-corrected chi connectivity index (χ3v) is 4.98. The molecule has 5 N–H and O–H groups in total. The van der Waals surface area contributed by atoms with Crippen LogP contribution in [-0.4, -0.2) is 95.6 Å². The highest BCUT2D eigenvalue weighted by Crippen LogP contribution is 2.03. The monoisotopic (exact) mass is 518 g/mol. The Bertz CT molecular complexity index is 619. The molecule has 0 aliphatic heterocycles. The van der Waals surface area contributed by atoms with E-state index < -0.39 is 12.1 Å². The number of hydrogen-bond donors (Lipinski definition) is 4. The number of carbonyl (C=O) groups is 4. The Morgan fingerprint density at radius 2 is 1.19 bits per heavy atom. The summed E-state index contributed by atoms with van der Waals surface area (Å²) >= 11 is 0. The van der Waals surface area contributed by atoms with Gasteiger partial charge in [-0.2, -0.15) is 0 Å². The van der Waals surface area contributed by atoms with E-state index in [2.05, 4.69) is 16.0 Å². The summed E-state index contributed by atoms with van der Waals surface area (Å²) in [4.78, 5) is 46.3. The third-order valence-electron chi connectivity index (χ3n) is 4.98. The lowest BCUT2D eigenvalue weighted by Gasteiger charge is -2.21. The van der Waals surface area contributed by atoms with Crippen LogP contribution in [0.15, 0.2) is 0 Å². The van der Waals surface area contributed by atoms with E-state index in [9.17, 15) is 19.2 Å². The van der Waals surface area contributed by atoms with Crippen LogP contribution in [0.25, 0.3) is 0 Å². The number of unbranched alkanes of at least 4 members (excludes halogenated alkanes) is 1. The van der Waals surface area contributed by atoms with Gasteiger partial charge in [0.05, 0.1) is 52.9 Å². The highest BCUT2D eigenvalue weighted by atomic mass is 16.6. The van der Waals surface area contributed by atoms with Gasteiger partial charge >= 0.3 is 6.03 Å². The van der Waals surface area contributed by atoms with E-state index in [0.717, 1.165) is 0 Å². The van der Waals surface area contributed by atoms with Gasteiger partial charge in [-0.05, 0) is 18.8 Å². The van der Waals surface area contributed by atoms with Crippen LogP contribution < -0.4 is 21.7 Å². The summed E-state index contributed by atoms with van der Waals surface area (Å²) in [6.45, 7) is 9.57. The smallest absolute Gasteiger partial charge is 0.312 e. The molecule has 210 valence electrons. The normalized spacial score (nSPS) is 11.8. The molecule has 0 rings (SSSR count). The van der Waals surface area contributed by atoms with Crippen molar-refractivity contribution in [3.8, 4) is 0 Å². The maximum Gasteiger partial charge on any atom is 0.312 e. The van der Waals surface area contributed by atoms with E-state index in [0.29, 0.717) is 85.0 Å². The molecule has 0 aromatic carbocycles. The van der Waals surface area contributed by atoms with Crippen LogP contribution >= 0.6 is 0 Å². The van der Waals surface area contributed by atoms with Gasteiger partial charge in [0.15, 0.2) is 0 Å². The molecule has 0 aromatic rings. The zero-order valence-corrected chi connectivity index (χ0v) is 22.1. The number of primary amides is 1. The molecule has 0 saturated heterocycles. The summed E-state index contributed by atoms with van der Waals surface area (Å²) in [6, 6.07) is -1.20. The number of ether oxygens (including phenoxy) is 4. The van der Waals surface area contributed by atoms with Gasteiger partial charge in [-0.15, -0.1) is 0 Å². The van der Waals surface area contributed by atoms with Gasteiger partial charge in [-0.1, -0.05) is 20.8 Å². The van der Waals surface area contributed by atoms with Gasteiger partial charge in [0.1, 0.15) is 11.8 Å². The Hall–Kier alpha value is -2.28. The minimum absolute atomic E-state index is 0.0705. The second-order valence-electron chi connectivity index (χ2n) is 8.42. The molecule has 0 aliphatic rings. The molecule has 0 radical (unpaired) electrons.